The monoisotopic (exact) mass is 236 g/mol. The normalized spacial score (nSPS) is 32.2. The van der Waals surface area contributed by atoms with Crippen molar-refractivity contribution in [1.82, 2.24) is 0 Å². The molecule has 1 aliphatic rings. The Morgan fingerprint density at radius 1 is 1.67 bits per heavy atom. The summed E-state index contributed by atoms with van der Waals surface area (Å²) in [7, 11) is 1.79. The molecule has 0 amide bonds. The lowest BCUT2D eigenvalue weighted by atomic mass is 9.91. The van der Waals surface area contributed by atoms with Crippen molar-refractivity contribution in [2.75, 3.05) is 25.7 Å². The summed E-state index contributed by atoms with van der Waals surface area (Å²) < 4.78 is 10.9. The lowest BCUT2D eigenvalue weighted by Gasteiger charge is -2.28. The first-order chi connectivity index (χ1) is 5.72. The average Bonchev–Trinajstić information content (AvgIpc) is 2.54. The molecular formula is C9H17BrO2. The summed E-state index contributed by atoms with van der Waals surface area (Å²) in [5.41, 5.74) is 0.00713. The van der Waals surface area contributed by atoms with Gasteiger partial charge in [0.1, 0.15) is 0 Å². The van der Waals surface area contributed by atoms with Crippen LogP contribution in [0.4, 0.5) is 0 Å². The average molecular weight is 237 g/mol. The summed E-state index contributed by atoms with van der Waals surface area (Å²) >= 11 is 3.48. The quantitative estimate of drug-likeness (QED) is 0.698. The number of halogens is 1. The third kappa shape index (κ3) is 2.44. The molecule has 0 aromatic rings. The third-order valence-electron chi connectivity index (χ3n) is 2.48. The molecule has 1 fully saturated rings. The van der Waals surface area contributed by atoms with E-state index >= 15 is 0 Å². The van der Waals surface area contributed by atoms with Crippen molar-refractivity contribution in [1.29, 1.82) is 0 Å². The van der Waals surface area contributed by atoms with Crippen molar-refractivity contribution < 1.29 is 9.47 Å². The van der Waals surface area contributed by atoms with Crippen LogP contribution in [-0.2, 0) is 9.47 Å². The molecule has 72 valence electrons. The highest BCUT2D eigenvalue weighted by atomic mass is 79.9. The van der Waals surface area contributed by atoms with E-state index in [4.69, 9.17) is 9.47 Å². The van der Waals surface area contributed by atoms with Crippen molar-refractivity contribution >= 4 is 15.9 Å². The van der Waals surface area contributed by atoms with Crippen molar-refractivity contribution in [3.05, 3.63) is 0 Å². The molecule has 2 unspecified atom stereocenters. The summed E-state index contributed by atoms with van der Waals surface area (Å²) in [5.74, 6) is 0.659. The highest BCUT2D eigenvalue weighted by Gasteiger charge is 2.35. The van der Waals surface area contributed by atoms with E-state index in [1.807, 2.05) is 0 Å². The fourth-order valence-electron chi connectivity index (χ4n) is 1.68. The van der Waals surface area contributed by atoms with Crippen LogP contribution in [0.3, 0.4) is 0 Å². The van der Waals surface area contributed by atoms with E-state index in [2.05, 4.69) is 22.9 Å². The molecule has 12 heavy (non-hydrogen) atoms. The molecule has 3 heteroatoms. The molecule has 2 nitrogen and oxygen atoms in total. The van der Waals surface area contributed by atoms with Gasteiger partial charge in [0.05, 0.1) is 12.2 Å². The minimum Gasteiger partial charge on any atom is -0.378 e. The predicted octanol–water partition coefficient (Wildman–Crippen LogP) is 2.21. The summed E-state index contributed by atoms with van der Waals surface area (Å²) in [5, 5.41) is 1.04. The Bertz CT molecular complexity index is 132. The smallest absolute Gasteiger partial charge is 0.0935 e. The Balaban J connectivity index is 2.43. The lowest BCUT2D eigenvalue weighted by molar-refractivity contribution is -0.0309. The van der Waals surface area contributed by atoms with Crippen LogP contribution in [-0.4, -0.2) is 31.3 Å². The van der Waals surface area contributed by atoms with Crippen molar-refractivity contribution in [3.8, 4) is 0 Å². The first kappa shape index (κ1) is 10.5. The van der Waals surface area contributed by atoms with E-state index in [1.165, 1.54) is 0 Å². The van der Waals surface area contributed by atoms with E-state index in [1.54, 1.807) is 7.11 Å². The van der Waals surface area contributed by atoms with Crippen molar-refractivity contribution in [3.63, 3.8) is 0 Å². The van der Waals surface area contributed by atoms with E-state index < -0.39 is 0 Å². The summed E-state index contributed by atoms with van der Waals surface area (Å²) in [6.07, 6.45) is 2.13. The summed E-state index contributed by atoms with van der Waals surface area (Å²) in [6, 6.07) is 0. The Morgan fingerprint density at radius 3 is 2.83 bits per heavy atom. The van der Waals surface area contributed by atoms with Crippen molar-refractivity contribution in [2.45, 2.75) is 25.4 Å². The SMILES string of the molecule is COC1(CC(C)CBr)CCOC1. The second-order valence-corrected chi connectivity index (χ2v) is 4.30. The molecule has 0 aliphatic carbocycles. The molecule has 0 spiro atoms. The summed E-state index contributed by atoms with van der Waals surface area (Å²) in [4.78, 5) is 0. The second kappa shape index (κ2) is 4.58. The Morgan fingerprint density at radius 2 is 2.42 bits per heavy atom. The van der Waals surface area contributed by atoms with E-state index in [0.29, 0.717) is 5.92 Å². The largest absolute Gasteiger partial charge is 0.378 e. The number of hydrogen-bond acceptors (Lipinski definition) is 2. The predicted molar refractivity (Wildman–Crippen MR) is 52.8 cm³/mol. The van der Waals surface area contributed by atoms with Gasteiger partial charge in [-0.05, 0) is 12.3 Å². The van der Waals surface area contributed by atoms with Crippen LogP contribution in [0, 0.1) is 5.92 Å². The zero-order valence-corrected chi connectivity index (χ0v) is 9.39. The highest BCUT2D eigenvalue weighted by Crippen LogP contribution is 2.30. The minimum atomic E-state index is 0.00713. The number of alkyl halides is 1. The van der Waals surface area contributed by atoms with Gasteiger partial charge in [0.25, 0.3) is 0 Å². The van der Waals surface area contributed by atoms with Crippen LogP contribution < -0.4 is 0 Å². The number of rotatable bonds is 4. The van der Waals surface area contributed by atoms with Crippen LogP contribution in [0.2, 0.25) is 0 Å². The molecule has 1 heterocycles. The van der Waals surface area contributed by atoms with Gasteiger partial charge in [0, 0.05) is 25.5 Å². The van der Waals surface area contributed by atoms with Gasteiger partial charge in [-0.2, -0.15) is 0 Å². The highest BCUT2D eigenvalue weighted by molar-refractivity contribution is 9.09. The zero-order chi connectivity index (χ0) is 9.03. The maximum atomic E-state index is 5.53. The molecule has 1 saturated heterocycles. The van der Waals surface area contributed by atoms with Gasteiger partial charge in [-0.25, -0.2) is 0 Å². The molecule has 1 aliphatic heterocycles. The maximum absolute atomic E-state index is 5.53. The molecule has 0 N–H and O–H groups in total. The van der Waals surface area contributed by atoms with Crippen LogP contribution >= 0.6 is 15.9 Å². The molecule has 0 aromatic heterocycles. The number of methoxy groups -OCH3 is 1. The number of hydrogen-bond donors (Lipinski definition) is 0. The molecule has 2 atom stereocenters. The van der Waals surface area contributed by atoms with Gasteiger partial charge in [0.15, 0.2) is 0 Å². The fourth-order valence-corrected chi connectivity index (χ4v) is 1.91. The lowest BCUT2D eigenvalue weighted by Crippen LogP contribution is -2.34. The zero-order valence-electron chi connectivity index (χ0n) is 7.81. The van der Waals surface area contributed by atoms with Crippen LogP contribution in [0.25, 0.3) is 0 Å². The maximum Gasteiger partial charge on any atom is 0.0935 e. The Hall–Kier alpha value is 0.400. The third-order valence-corrected chi connectivity index (χ3v) is 3.59. The fraction of sp³-hybridized carbons (Fsp3) is 1.00. The van der Waals surface area contributed by atoms with Gasteiger partial charge in [-0.1, -0.05) is 22.9 Å². The van der Waals surface area contributed by atoms with Gasteiger partial charge in [0.2, 0.25) is 0 Å². The van der Waals surface area contributed by atoms with E-state index in [0.717, 1.165) is 31.4 Å². The molecule has 0 bridgehead atoms. The van der Waals surface area contributed by atoms with Crippen LogP contribution in [0.5, 0.6) is 0 Å². The Kier molecular flexibility index (Phi) is 4.00. The van der Waals surface area contributed by atoms with Crippen LogP contribution in [0.1, 0.15) is 19.8 Å². The molecule has 1 rings (SSSR count). The van der Waals surface area contributed by atoms with Gasteiger partial charge >= 0.3 is 0 Å². The standard InChI is InChI=1S/C9H17BrO2/c1-8(6-10)5-9(11-2)3-4-12-7-9/h8H,3-7H2,1-2H3. The first-order valence-electron chi connectivity index (χ1n) is 4.41. The van der Waals surface area contributed by atoms with E-state index in [-0.39, 0.29) is 5.60 Å². The van der Waals surface area contributed by atoms with E-state index in [9.17, 15) is 0 Å². The minimum absolute atomic E-state index is 0.00713. The van der Waals surface area contributed by atoms with Gasteiger partial charge in [-0.3, -0.25) is 0 Å². The molecule has 0 aromatic carbocycles. The first-order valence-corrected chi connectivity index (χ1v) is 5.53. The topological polar surface area (TPSA) is 18.5 Å². The van der Waals surface area contributed by atoms with Crippen LogP contribution in [0.15, 0.2) is 0 Å². The van der Waals surface area contributed by atoms with Gasteiger partial charge < -0.3 is 9.47 Å². The Labute approximate surface area is 82.7 Å². The molecule has 0 radical (unpaired) electrons. The molecular weight excluding hydrogens is 220 g/mol. The second-order valence-electron chi connectivity index (χ2n) is 3.65. The number of ether oxygens (including phenoxy) is 2. The van der Waals surface area contributed by atoms with Gasteiger partial charge in [-0.15, -0.1) is 0 Å². The summed E-state index contributed by atoms with van der Waals surface area (Å²) in [6.45, 7) is 3.84. The van der Waals surface area contributed by atoms with Crippen molar-refractivity contribution in [2.24, 2.45) is 5.92 Å². The molecule has 0 saturated carbocycles.